The lowest BCUT2D eigenvalue weighted by Gasteiger charge is -2.14. The Hall–Kier alpha value is -1.78. The van der Waals surface area contributed by atoms with Gasteiger partial charge in [-0.2, -0.15) is 0 Å². The van der Waals surface area contributed by atoms with Crippen LogP contribution in [0.2, 0.25) is 0 Å². The molecule has 0 spiro atoms. The van der Waals surface area contributed by atoms with E-state index in [-0.39, 0.29) is 11.8 Å². The Kier molecular flexibility index (Phi) is 2.68. The van der Waals surface area contributed by atoms with Gasteiger partial charge in [0.05, 0.1) is 6.10 Å². The van der Waals surface area contributed by atoms with Crippen LogP contribution in [0, 0.1) is 0 Å². The molecule has 0 aromatic carbocycles. The standard InChI is InChI=1S/C11H14N2O3/c1-13(2)9-6-5-8(16-7-3-4-7)10(12-9)11(14)15/h5-7H,3-4H2,1-2H3,(H,14,15). The summed E-state index contributed by atoms with van der Waals surface area (Å²) in [5.74, 6) is -0.0829. The fourth-order valence-corrected chi connectivity index (χ4v) is 1.30. The highest BCUT2D eigenvalue weighted by molar-refractivity contribution is 5.89. The van der Waals surface area contributed by atoms with Crippen LogP contribution in [0.25, 0.3) is 0 Å². The van der Waals surface area contributed by atoms with Gasteiger partial charge in [0.2, 0.25) is 0 Å². The molecule has 1 saturated carbocycles. The zero-order valence-electron chi connectivity index (χ0n) is 9.30. The molecule has 0 unspecified atom stereocenters. The van der Waals surface area contributed by atoms with E-state index < -0.39 is 5.97 Å². The van der Waals surface area contributed by atoms with Crippen molar-refractivity contribution in [1.29, 1.82) is 0 Å². The average Bonchev–Trinajstić information content (AvgIpc) is 3.01. The first-order chi connectivity index (χ1) is 7.58. The molecule has 86 valence electrons. The number of rotatable bonds is 4. The van der Waals surface area contributed by atoms with Gasteiger partial charge in [-0.05, 0) is 25.0 Å². The fourth-order valence-electron chi connectivity index (χ4n) is 1.30. The Labute approximate surface area is 93.7 Å². The number of pyridine rings is 1. The molecule has 0 atom stereocenters. The van der Waals surface area contributed by atoms with Gasteiger partial charge in [-0.15, -0.1) is 0 Å². The van der Waals surface area contributed by atoms with Gasteiger partial charge in [0, 0.05) is 14.1 Å². The molecule has 1 fully saturated rings. The lowest BCUT2D eigenvalue weighted by atomic mass is 10.3. The summed E-state index contributed by atoms with van der Waals surface area (Å²) >= 11 is 0. The first kappa shape index (κ1) is 10.7. The Morgan fingerprint density at radius 1 is 1.50 bits per heavy atom. The van der Waals surface area contributed by atoms with E-state index in [1.807, 2.05) is 14.1 Å². The van der Waals surface area contributed by atoms with Crippen LogP contribution >= 0.6 is 0 Å². The van der Waals surface area contributed by atoms with Crippen molar-refractivity contribution in [3.05, 3.63) is 17.8 Å². The zero-order valence-corrected chi connectivity index (χ0v) is 9.30. The highest BCUT2D eigenvalue weighted by Gasteiger charge is 2.26. The maximum Gasteiger partial charge on any atom is 0.358 e. The Morgan fingerprint density at radius 2 is 2.19 bits per heavy atom. The third kappa shape index (κ3) is 2.24. The highest BCUT2D eigenvalue weighted by Crippen LogP contribution is 2.29. The van der Waals surface area contributed by atoms with Crippen LogP contribution in [0.3, 0.4) is 0 Å². The zero-order chi connectivity index (χ0) is 11.7. The van der Waals surface area contributed by atoms with Crippen molar-refractivity contribution in [2.75, 3.05) is 19.0 Å². The van der Waals surface area contributed by atoms with Crippen LogP contribution in [0.5, 0.6) is 5.75 Å². The molecule has 0 aliphatic heterocycles. The summed E-state index contributed by atoms with van der Waals surface area (Å²) in [6.07, 6.45) is 2.16. The van der Waals surface area contributed by atoms with Gasteiger partial charge in [0.1, 0.15) is 5.82 Å². The summed E-state index contributed by atoms with van der Waals surface area (Å²) < 4.78 is 5.49. The molecule has 1 aromatic heterocycles. The fraction of sp³-hybridized carbons (Fsp3) is 0.455. The van der Waals surface area contributed by atoms with E-state index >= 15 is 0 Å². The molecule has 1 aromatic rings. The molecule has 1 N–H and O–H groups in total. The minimum absolute atomic E-state index is 0.0156. The van der Waals surface area contributed by atoms with Gasteiger partial charge in [-0.25, -0.2) is 9.78 Å². The van der Waals surface area contributed by atoms with Gasteiger partial charge < -0.3 is 14.7 Å². The molecule has 0 saturated heterocycles. The number of hydrogen-bond acceptors (Lipinski definition) is 4. The second-order valence-electron chi connectivity index (χ2n) is 4.03. The molecule has 0 radical (unpaired) electrons. The number of anilines is 1. The van der Waals surface area contributed by atoms with Crippen LogP contribution in [0.15, 0.2) is 12.1 Å². The third-order valence-electron chi connectivity index (χ3n) is 2.32. The topological polar surface area (TPSA) is 62.7 Å². The molecule has 5 nitrogen and oxygen atoms in total. The summed E-state index contributed by atoms with van der Waals surface area (Å²) in [4.78, 5) is 16.8. The molecular formula is C11H14N2O3. The number of ether oxygens (including phenoxy) is 1. The summed E-state index contributed by atoms with van der Waals surface area (Å²) in [6, 6.07) is 3.42. The number of hydrogen-bond donors (Lipinski definition) is 1. The molecule has 1 aliphatic rings. The summed E-state index contributed by atoms with van der Waals surface area (Å²) in [5.41, 5.74) is -0.0156. The van der Waals surface area contributed by atoms with Crippen LogP contribution in [0.4, 0.5) is 5.82 Å². The van der Waals surface area contributed by atoms with Gasteiger partial charge in [0.25, 0.3) is 0 Å². The molecule has 1 heterocycles. The van der Waals surface area contributed by atoms with E-state index in [4.69, 9.17) is 9.84 Å². The number of aromatic carboxylic acids is 1. The molecule has 1 aliphatic carbocycles. The first-order valence-corrected chi connectivity index (χ1v) is 5.16. The van der Waals surface area contributed by atoms with Gasteiger partial charge in [0.15, 0.2) is 11.4 Å². The van der Waals surface area contributed by atoms with Gasteiger partial charge in [-0.1, -0.05) is 0 Å². The maximum absolute atomic E-state index is 11.0. The van der Waals surface area contributed by atoms with E-state index in [1.54, 1.807) is 17.0 Å². The Morgan fingerprint density at radius 3 is 2.69 bits per heavy atom. The summed E-state index contributed by atoms with van der Waals surface area (Å²) in [5, 5.41) is 9.04. The second-order valence-corrected chi connectivity index (χ2v) is 4.03. The van der Waals surface area contributed by atoms with Gasteiger partial charge in [-0.3, -0.25) is 0 Å². The van der Waals surface area contributed by atoms with E-state index in [9.17, 15) is 4.79 Å². The van der Waals surface area contributed by atoms with Crippen molar-refractivity contribution >= 4 is 11.8 Å². The second kappa shape index (κ2) is 4.00. The van der Waals surface area contributed by atoms with Crippen molar-refractivity contribution in [1.82, 2.24) is 4.98 Å². The number of nitrogens with zero attached hydrogens (tertiary/aromatic N) is 2. The lowest BCUT2D eigenvalue weighted by Crippen LogP contribution is -2.14. The third-order valence-corrected chi connectivity index (χ3v) is 2.32. The van der Waals surface area contributed by atoms with Crippen molar-refractivity contribution in [2.24, 2.45) is 0 Å². The van der Waals surface area contributed by atoms with E-state index in [0.29, 0.717) is 11.6 Å². The minimum Gasteiger partial charge on any atom is -0.488 e. The molecule has 16 heavy (non-hydrogen) atoms. The smallest absolute Gasteiger partial charge is 0.358 e. The Balaban J connectivity index is 2.32. The quantitative estimate of drug-likeness (QED) is 0.834. The van der Waals surface area contributed by atoms with Crippen LogP contribution in [0.1, 0.15) is 23.3 Å². The monoisotopic (exact) mass is 222 g/mol. The normalized spacial score (nSPS) is 14.6. The summed E-state index contributed by atoms with van der Waals surface area (Å²) in [6.45, 7) is 0. The van der Waals surface area contributed by atoms with Crippen LogP contribution in [-0.2, 0) is 0 Å². The highest BCUT2D eigenvalue weighted by atomic mass is 16.5. The molecule has 0 amide bonds. The number of carboxylic acids is 1. The van der Waals surface area contributed by atoms with E-state index in [2.05, 4.69) is 4.98 Å². The number of aromatic nitrogens is 1. The van der Waals surface area contributed by atoms with Crippen molar-refractivity contribution in [3.63, 3.8) is 0 Å². The van der Waals surface area contributed by atoms with Crippen molar-refractivity contribution < 1.29 is 14.6 Å². The molecule has 5 heteroatoms. The van der Waals surface area contributed by atoms with Crippen molar-refractivity contribution in [3.8, 4) is 5.75 Å². The van der Waals surface area contributed by atoms with Crippen molar-refractivity contribution in [2.45, 2.75) is 18.9 Å². The molecule has 0 bridgehead atoms. The van der Waals surface area contributed by atoms with Gasteiger partial charge >= 0.3 is 5.97 Å². The summed E-state index contributed by atoms with van der Waals surface area (Å²) in [7, 11) is 3.63. The van der Waals surface area contributed by atoms with Crippen LogP contribution in [-0.4, -0.2) is 36.3 Å². The average molecular weight is 222 g/mol. The number of carboxylic acid groups (broad SMARTS) is 1. The van der Waals surface area contributed by atoms with Crippen LogP contribution < -0.4 is 9.64 Å². The predicted molar refractivity (Wildman–Crippen MR) is 59.2 cm³/mol. The minimum atomic E-state index is -1.06. The SMILES string of the molecule is CN(C)c1ccc(OC2CC2)c(C(=O)O)n1. The largest absolute Gasteiger partial charge is 0.488 e. The lowest BCUT2D eigenvalue weighted by molar-refractivity contribution is 0.0685. The Bertz CT molecular complexity index is 414. The first-order valence-electron chi connectivity index (χ1n) is 5.16. The number of carbonyl (C=O) groups is 1. The molecular weight excluding hydrogens is 208 g/mol. The molecule has 2 rings (SSSR count). The predicted octanol–water partition coefficient (Wildman–Crippen LogP) is 1.39. The van der Waals surface area contributed by atoms with E-state index in [1.165, 1.54) is 0 Å². The van der Waals surface area contributed by atoms with E-state index in [0.717, 1.165) is 12.8 Å². The maximum atomic E-state index is 11.0.